The standard InChI is InChI=1S/C15H23N5O4/c1-15(2)13(22)20(14(23)17-15)5-4-19-8-11(21)12(9-19)24-10-6-16-18(3)7-10/h6-7,11-12,21H,4-5,8-9H2,1-3H3,(H,17,23)/t11-,12-/m1/s1. The highest BCUT2D eigenvalue weighted by atomic mass is 16.5. The Labute approximate surface area is 140 Å². The van der Waals surface area contributed by atoms with E-state index < -0.39 is 11.6 Å². The van der Waals surface area contributed by atoms with Gasteiger partial charge in [-0.25, -0.2) is 4.79 Å². The van der Waals surface area contributed by atoms with Crippen LogP contribution in [0.3, 0.4) is 0 Å². The smallest absolute Gasteiger partial charge is 0.325 e. The number of hydrogen-bond acceptors (Lipinski definition) is 6. The number of likely N-dealkylation sites (tertiary alicyclic amines) is 1. The van der Waals surface area contributed by atoms with E-state index in [9.17, 15) is 14.7 Å². The van der Waals surface area contributed by atoms with Crippen molar-refractivity contribution in [2.75, 3.05) is 26.2 Å². The van der Waals surface area contributed by atoms with Crippen molar-refractivity contribution >= 4 is 11.9 Å². The number of imide groups is 1. The quantitative estimate of drug-likeness (QED) is 0.681. The Morgan fingerprint density at radius 1 is 1.38 bits per heavy atom. The summed E-state index contributed by atoms with van der Waals surface area (Å²) < 4.78 is 7.38. The number of rotatable bonds is 5. The van der Waals surface area contributed by atoms with Gasteiger partial charge in [-0.3, -0.25) is 19.3 Å². The first-order valence-corrected chi connectivity index (χ1v) is 7.96. The third-order valence-corrected chi connectivity index (χ3v) is 4.37. The Kier molecular flexibility index (Phi) is 4.22. The number of β-amino-alcohol motifs (C(OH)–C–C–N with tert-alkyl or cyclic N) is 1. The molecule has 0 saturated carbocycles. The highest BCUT2D eigenvalue weighted by Gasteiger charge is 2.44. The summed E-state index contributed by atoms with van der Waals surface area (Å²) in [6.45, 7) is 5.13. The summed E-state index contributed by atoms with van der Waals surface area (Å²) in [4.78, 5) is 27.2. The maximum absolute atomic E-state index is 12.2. The topological polar surface area (TPSA) is 99.9 Å². The maximum Gasteiger partial charge on any atom is 0.325 e. The Hall–Kier alpha value is -2.13. The van der Waals surface area contributed by atoms with Crippen LogP contribution in [0.5, 0.6) is 5.75 Å². The van der Waals surface area contributed by atoms with Crippen LogP contribution in [0, 0.1) is 0 Å². The lowest BCUT2D eigenvalue weighted by molar-refractivity contribution is -0.130. The molecule has 24 heavy (non-hydrogen) atoms. The van der Waals surface area contributed by atoms with Gasteiger partial charge in [-0.05, 0) is 13.8 Å². The Bertz CT molecular complexity index is 644. The molecule has 2 aliphatic rings. The molecule has 9 heteroatoms. The van der Waals surface area contributed by atoms with Crippen LogP contribution < -0.4 is 10.1 Å². The van der Waals surface area contributed by atoms with Crippen molar-refractivity contribution in [3.05, 3.63) is 12.4 Å². The number of hydrogen-bond donors (Lipinski definition) is 2. The molecule has 0 bridgehead atoms. The first-order chi connectivity index (χ1) is 11.3. The van der Waals surface area contributed by atoms with Gasteiger partial charge in [0.05, 0.1) is 12.4 Å². The minimum atomic E-state index is -0.854. The Morgan fingerprint density at radius 3 is 2.71 bits per heavy atom. The average molecular weight is 337 g/mol. The van der Waals surface area contributed by atoms with Gasteiger partial charge in [0, 0.05) is 33.2 Å². The van der Waals surface area contributed by atoms with E-state index in [1.807, 2.05) is 4.90 Å². The lowest BCUT2D eigenvalue weighted by atomic mass is 10.1. The van der Waals surface area contributed by atoms with Crippen LogP contribution in [0.15, 0.2) is 12.4 Å². The molecule has 1 aromatic heterocycles. The van der Waals surface area contributed by atoms with Crippen molar-refractivity contribution in [3.63, 3.8) is 0 Å². The molecule has 2 saturated heterocycles. The first-order valence-electron chi connectivity index (χ1n) is 7.96. The van der Waals surface area contributed by atoms with Gasteiger partial charge in [0.15, 0.2) is 5.75 Å². The van der Waals surface area contributed by atoms with Crippen LogP contribution in [0.4, 0.5) is 4.79 Å². The number of aromatic nitrogens is 2. The molecule has 0 spiro atoms. The van der Waals surface area contributed by atoms with Gasteiger partial charge >= 0.3 is 6.03 Å². The fraction of sp³-hybridized carbons (Fsp3) is 0.667. The van der Waals surface area contributed by atoms with Crippen LogP contribution in [0.1, 0.15) is 13.8 Å². The molecule has 2 aliphatic heterocycles. The lowest BCUT2D eigenvalue weighted by Crippen LogP contribution is -2.41. The molecule has 0 aromatic carbocycles. The average Bonchev–Trinajstić information content (AvgIpc) is 3.10. The molecule has 3 amide bonds. The summed E-state index contributed by atoms with van der Waals surface area (Å²) in [5.74, 6) is 0.384. The summed E-state index contributed by atoms with van der Waals surface area (Å²) in [7, 11) is 1.80. The zero-order valence-corrected chi connectivity index (χ0v) is 14.1. The minimum Gasteiger partial charge on any atom is -0.483 e. The van der Waals surface area contributed by atoms with Gasteiger partial charge in [-0.2, -0.15) is 5.10 Å². The third kappa shape index (κ3) is 3.22. The molecule has 3 heterocycles. The van der Waals surface area contributed by atoms with Crippen LogP contribution in [-0.2, 0) is 11.8 Å². The van der Waals surface area contributed by atoms with Crippen LogP contribution in [-0.4, -0.2) is 80.6 Å². The molecule has 132 valence electrons. The molecule has 2 fully saturated rings. The van der Waals surface area contributed by atoms with E-state index in [2.05, 4.69) is 10.4 Å². The van der Waals surface area contributed by atoms with Crippen molar-refractivity contribution in [2.45, 2.75) is 31.6 Å². The number of nitrogens with one attached hydrogen (secondary N) is 1. The number of ether oxygens (including phenoxy) is 1. The number of aryl methyl sites for hydroxylation is 1. The van der Waals surface area contributed by atoms with E-state index in [-0.39, 0.29) is 18.0 Å². The molecular weight excluding hydrogens is 314 g/mol. The van der Waals surface area contributed by atoms with Crippen molar-refractivity contribution < 1.29 is 19.4 Å². The SMILES string of the molecule is Cn1cc(O[C@@H]2CN(CCN3C(=O)NC(C)(C)C3=O)C[C@H]2O)cn1. The lowest BCUT2D eigenvalue weighted by Gasteiger charge is -2.20. The molecule has 0 unspecified atom stereocenters. The van der Waals surface area contributed by atoms with Gasteiger partial charge in [-0.1, -0.05) is 0 Å². The van der Waals surface area contributed by atoms with Crippen molar-refractivity contribution in [2.24, 2.45) is 7.05 Å². The number of carbonyl (C=O) groups excluding carboxylic acids is 2. The molecule has 9 nitrogen and oxygen atoms in total. The zero-order chi connectivity index (χ0) is 17.5. The molecule has 2 N–H and O–H groups in total. The van der Waals surface area contributed by atoms with E-state index >= 15 is 0 Å². The maximum atomic E-state index is 12.2. The van der Waals surface area contributed by atoms with E-state index in [4.69, 9.17) is 4.74 Å². The van der Waals surface area contributed by atoms with Crippen molar-refractivity contribution in [3.8, 4) is 5.75 Å². The van der Waals surface area contributed by atoms with E-state index in [1.54, 1.807) is 38.0 Å². The number of amides is 3. The van der Waals surface area contributed by atoms with Gasteiger partial charge in [0.1, 0.15) is 17.7 Å². The van der Waals surface area contributed by atoms with Crippen LogP contribution in [0.2, 0.25) is 0 Å². The second-order valence-electron chi connectivity index (χ2n) is 6.84. The molecular formula is C15H23N5O4. The number of carbonyl (C=O) groups is 2. The monoisotopic (exact) mass is 337 g/mol. The Morgan fingerprint density at radius 2 is 2.12 bits per heavy atom. The predicted molar refractivity (Wildman–Crippen MR) is 84.4 cm³/mol. The molecule has 0 aliphatic carbocycles. The normalized spacial score (nSPS) is 26.9. The largest absolute Gasteiger partial charge is 0.483 e. The highest BCUT2D eigenvalue weighted by molar-refractivity contribution is 6.06. The summed E-state index contributed by atoms with van der Waals surface area (Å²) in [6, 6.07) is -0.368. The van der Waals surface area contributed by atoms with Crippen LogP contribution in [0.25, 0.3) is 0 Å². The fourth-order valence-electron chi connectivity index (χ4n) is 3.03. The van der Waals surface area contributed by atoms with Crippen LogP contribution >= 0.6 is 0 Å². The number of nitrogens with zero attached hydrogens (tertiary/aromatic N) is 4. The van der Waals surface area contributed by atoms with E-state index in [0.717, 1.165) is 0 Å². The van der Waals surface area contributed by atoms with Gasteiger partial charge in [0.2, 0.25) is 0 Å². The number of aliphatic hydroxyl groups is 1. The Balaban J connectivity index is 1.52. The summed E-state index contributed by atoms with van der Waals surface area (Å²) in [6.07, 6.45) is 2.37. The summed E-state index contributed by atoms with van der Waals surface area (Å²) in [5, 5.41) is 16.8. The molecule has 0 radical (unpaired) electrons. The number of aliphatic hydroxyl groups excluding tert-OH is 1. The predicted octanol–water partition coefficient (Wildman–Crippen LogP) is -0.826. The third-order valence-electron chi connectivity index (χ3n) is 4.37. The van der Waals surface area contributed by atoms with E-state index in [0.29, 0.717) is 31.9 Å². The van der Waals surface area contributed by atoms with Gasteiger partial charge in [-0.15, -0.1) is 0 Å². The number of urea groups is 1. The summed E-state index contributed by atoms with van der Waals surface area (Å²) >= 11 is 0. The van der Waals surface area contributed by atoms with Crippen molar-refractivity contribution in [1.82, 2.24) is 24.9 Å². The minimum absolute atomic E-state index is 0.226. The fourth-order valence-corrected chi connectivity index (χ4v) is 3.03. The molecule has 1 aromatic rings. The zero-order valence-electron chi connectivity index (χ0n) is 14.1. The van der Waals surface area contributed by atoms with Crippen molar-refractivity contribution in [1.29, 1.82) is 0 Å². The molecule has 3 rings (SSSR count). The van der Waals surface area contributed by atoms with Gasteiger partial charge in [0.25, 0.3) is 5.91 Å². The second-order valence-corrected chi connectivity index (χ2v) is 6.84. The summed E-state index contributed by atoms with van der Waals surface area (Å²) in [5.41, 5.74) is -0.854. The first kappa shape index (κ1) is 16.7. The molecule has 2 atom stereocenters. The highest BCUT2D eigenvalue weighted by Crippen LogP contribution is 2.20. The van der Waals surface area contributed by atoms with Gasteiger partial charge < -0.3 is 15.2 Å². The second kappa shape index (κ2) is 6.06. The van der Waals surface area contributed by atoms with E-state index in [1.165, 1.54) is 4.90 Å².